The Morgan fingerprint density at radius 1 is 1.18 bits per heavy atom. The van der Waals surface area contributed by atoms with Crippen molar-refractivity contribution < 1.29 is 13.5 Å². The molecule has 0 spiro atoms. The second-order valence-electron chi connectivity index (χ2n) is 4.69. The second-order valence-corrected chi connectivity index (χ2v) is 4.69. The number of likely N-dealkylation sites (tertiary alicyclic amines) is 1. The van der Waals surface area contributed by atoms with Crippen LogP contribution in [0.2, 0.25) is 0 Å². The molecule has 0 aromatic heterocycles. The first-order chi connectivity index (χ1) is 8.06. The normalized spacial score (nSPS) is 17.5. The molecule has 1 fully saturated rings. The summed E-state index contributed by atoms with van der Waals surface area (Å²) >= 11 is 0. The van der Waals surface area contributed by atoms with Gasteiger partial charge in [-0.2, -0.15) is 8.78 Å². The molecule has 0 radical (unpaired) electrons. The van der Waals surface area contributed by atoms with Crippen LogP contribution in [0.5, 0.6) is 5.75 Å². The SMILES string of the molecule is CC(C)N1CC(c2ccc(OC(F)F)cc2)C1. The summed E-state index contributed by atoms with van der Waals surface area (Å²) in [5, 5.41) is 0. The molecule has 0 atom stereocenters. The van der Waals surface area contributed by atoms with Crippen LogP contribution in [0.1, 0.15) is 25.3 Å². The van der Waals surface area contributed by atoms with E-state index in [9.17, 15) is 8.78 Å². The molecule has 1 aromatic rings. The van der Waals surface area contributed by atoms with Gasteiger partial charge >= 0.3 is 6.61 Å². The molecule has 0 bridgehead atoms. The minimum Gasteiger partial charge on any atom is -0.435 e. The third kappa shape index (κ3) is 2.94. The summed E-state index contributed by atoms with van der Waals surface area (Å²) < 4.78 is 28.3. The molecule has 94 valence electrons. The Balaban J connectivity index is 1.91. The lowest BCUT2D eigenvalue weighted by Crippen LogP contribution is -2.48. The predicted octanol–water partition coefficient (Wildman–Crippen LogP) is 3.10. The topological polar surface area (TPSA) is 12.5 Å². The van der Waals surface area contributed by atoms with Gasteiger partial charge in [-0.3, -0.25) is 4.90 Å². The highest BCUT2D eigenvalue weighted by molar-refractivity contribution is 5.31. The summed E-state index contributed by atoms with van der Waals surface area (Å²) in [7, 11) is 0. The number of rotatable bonds is 4. The fourth-order valence-corrected chi connectivity index (χ4v) is 2.07. The minimum absolute atomic E-state index is 0.226. The van der Waals surface area contributed by atoms with Crippen LogP contribution in [0.3, 0.4) is 0 Å². The van der Waals surface area contributed by atoms with E-state index in [0.717, 1.165) is 13.1 Å². The van der Waals surface area contributed by atoms with Gasteiger partial charge in [-0.25, -0.2) is 0 Å². The maximum absolute atomic E-state index is 12.0. The van der Waals surface area contributed by atoms with Gasteiger partial charge in [-0.05, 0) is 31.5 Å². The van der Waals surface area contributed by atoms with Gasteiger partial charge in [0, 0.05) is 25.0 Å². The number of benzene rings is 1. The summed E-state index contributed by atoms with van der Waals surface area (Å²) in [6, 6.07) is 7.55. The molecule has 0 unspecified atom stereocenters. The van der Waals surface area contributed by atoms with Gasteiger partial charge in [-0.1, -0.05) is 12.1 Å². The summed E-state index contributed by atoms with van der Waals surface area (Å²) in [6.07, 6.45) is 0. The Bertz CT molecular complexity index is 358. The van der Waals surface area contributed by atoms with E-state index in [-0.39, 0.29) is 5.75 Å². The average molecular weight is 241 g/mol. The monoisotopic (exact) mass is 241 g/mol. The molecule has 2 rings (SSSR count). The Hall–Kier alpha value is -1.16. The van der Waals surface area contributed by atoms with E-state index in [1.54, 1.807) is 12.1 Å². The summed E-state index contributed by atoms with van der Waals surface area (Å²) in [5.41, 5.74) is 1.20. The molecule has 1 aliphatic heterocycles. The van der Waals surface area contributed by atoms with Crippen LogP contribution < -0.4 is 4.74 Å². The van der Waals surface area contributed by atoms with Gasteiger partial charge in [0.05, 0.1) is 0 Å². The van der Waals surface area contributed by atoms with Crippen molar-refractivity contribution in [3.63, 3.8) is 0 Å². The standard InChI is InChI=1S/C13H17F2NO/c1-9(2)16-7-11(8-16)10-3-5-12(6-4-10)17-13(14)15/h3-6,9,11,13H,7-8H2,1-2H3. The maximum atomic E-state index is 12.0. The van der Waals surface area contributed by atoms with Gasteiger partial charge in [0.2, 0.25) is 0 Å². The molecule has 2 nitrogen and oxygen atoms in total. The van der Waals surface area contributed by atoms with E-state index in [4.69, 9.17) is 0 Å². The first-order valence-corrected chi connectivity index (χ1v) is 5.85. The third-order valence-corrected chi connectivity index (χ3v) is 3.22. The number of nitrogens with zero attached hydrogens (tertiary/aromatic N) is 1. The molecule has 1 aliphatic rings. The van der Waals surface area contributed by atoms with Crippen molar-refractivity contribution in [2.75, 3.05) is 13.1 Å². The van der Waals surface area contributed by atoms with Crippen molar-refractivity contribution in [3.05, 3.63) is 29.8 Å². The van der Waals surface area contributed by atoms with Crippen molar-refractivity contribution in [2.45, 2.75) is 32.4 Å². The quantitative estimate of drug-likeness (QED) is 0.803. The number of hydrogen-bond acceptors (Lipinski definition) is 2. The zero-order valence-electron chi connectivity index (χ0n) is 10.1. The van der Waals surface area contributed by atoms with E-state index >= 15 is 0 Å². The van der Waals surface area contributed by atoms with Crippen LogP contribution >= 0.6 is 0 Å². The molecule has 0 amide bonds. The minimum atomic E-state index is -2.75. The molecule has 0 aliphatic carbocycles. The Morgan fingerprint density at radius 2 is 1.76 bits per heavy atom. The maximum Gasteiger partial charge on any atom is 0.387 e. The summed E-state index contributed by atoms with van der Waals surface area (Å²) in [6.45, 7) is 3.70. The lowest BCUT2D eigenvalue weighted by atomic mass is 9.90. The Labute approximate surface area is 100 Å². The van der Waals surface area contributed by atoms with Crippen LogP contribution in [0.15, 0.2) is 24.3 Å². The molecule has 17 heavy (non-hydrogen) atoms. The molecule has 1 heterocycles. The Kier molecular flexibility index (Phi) is 3.62. The highest BCUT2D eigenvalue weighted by Crippen LogP contribution is 2.29. The molecule has 1 saturated heterocycles. The van der Waals surface area contributed by atoms with Gasteiger partial charge in [0.15, 0.2) is 0 Å². The van der Waals surface area contributed by atoms with Gasteiger partial charge < -0.3 is 4.74 Å². The van der Waals surface area contributed by atoms with Crippen molar-refractivity contribution >= 4 is 0 Å². The highest BCUT2D eigenvalue weighted by Gasteiger charge is 2.29. The zero-order chi connectivity index (χ0) is 12.4. The van der Waals surface area contributed by atoms with E-state index in [1.165, 1.54) is 5.56 Å². The van der Waals surface area contributed by atoms with E-state index < -0.39 is 6.61 Å². The van der Waals surface area contributed by atoms with Gasteiger partial charge in [0.1, 0.15) is 5.75 Å². The lowest BCUT2D eigenvalue weighted by Gasteiger charge is -2.42. The van der Waals surface area contributed by atoms with Crippen molar-refractivity contribution in [1.82, 2.24) is 4.90 Å². The van der Waals surface area contributed by atoms with Crippen LogP contribution in [-0.2, 0) is 0 Å². The number of ether oxygens (including phenoxy) is 1. The molecule has 4 heteroatoms. The summed E-state index contributed by atoms with van der Waals surface area (Å²) in [5.74, 6) is 0.752. The van der Waals surface area contributed by atoms with Crippen LogP contribution in [0.25, 0.3) is 0 Å². The molecular formula is C13H17F2NO. The second kappa shape index (κ2) is 5.00. The van der Waals surface area contributed by atoms with Crippen molar-refractivity contribution in [3.8, 4) is 5.75 Å². The molecular weight excluding hydrogens is 224 g/mol. The van der Waals surface area contributed by atoms with Crippen molar-refractivity contribution in [1.29, 1.82) is 0 Å². The van der Waals surface area contributed by atoms with E-state index in [0.29, 0.717) is 12.0 Å². The van der Waals surface area contributed by atoms with E-state index in [2.05, 4.69) is 23.5 Å². The average Bonchev–Trinajstić information content (AvgIpc) is 2.16. The van der Waals surface area contributed by atoms with Crippen LogP contribution in [-0.4, -0.2) is 30.6 Å². The number of alkyl halides is 2. The number of hydrogen-bond donors (Lipinski definition) is 0. The van der Waals surface area contributed by atoms with Gasteiger partial charge in [-0.15, -0.1) is 0 Å². The Morgan fingerprint density at radius 3 is 2.24 bits per heavy atom. The predicted molar refractivity (Wildman–Crippen MR) is 62.5 cm³/mol. The smallest absolute Gasteiger partial charge is 0.387 e. The largest absolute Gasteiger partial charge is 0.435 e. The highest BCUT2D eigenvalue weighted by atomic mass is 19.3. The van der Waals surface area contributed by atoms with Crippen molar-refractivity contribution in [2.24, 2.45) is 0 Å². The molecule has 0 saturated carbocycles. The first kappa shape index (κ1) is 12.3. The van der Waals surface area contributed by atoms with Crippen LogP contribution in [0.4, 0.5) is 8.78 Å². The molecule has 0 N–H and O–H groups in total. The summed E-state index contributed by atoms with van der Waals surface area (Å²) in [4.78, 5) is 2.38. The zero-order valence-corrected chi connectivity index (χ0v) is 10.1. The fraction of sp³-hybridized carbons (Fsp3) is 0.538. The van der Waals surface area contributed by atoms with Gasteiger partial charge in [0.25, 0.3) is 0 Å². The first-order valence-electron chi connectivity index (χ1n) is 5.85. The molecule has 1 aromatic carbocycles. The number of halogens is 2. The lowest BCUT2D eigenvalue weighted by molar-refractivity contribution is -0.0498. The third-order valence-electron chi connectivity index (χ3n) is 3.22. The fourth-order valence-electron chi connectivity index (χ4n) is 2.07. The van der Waals surface area contributed by atoms with E-state index in [1.807, 2.05) is 12.1 Å². The van der Waals surface area contributed by atoms with Crippen LogP contribution in [0, 0.1) is 0 Å².